The Bertz CT molecular complexity index is 449. The van der Waals surface area contributed by atoms with Gasteiger partial charge in [-0.3, -0.25) is 0 Å². The van der Waals surface area contributed by atoms with E-state index in [2.05, 4.69) is 4.40 Å². The molecule has 0 fully saturated rings. The van der Waals surface area contributed by atoms with Gasteiger partial charge in [-0.05, 0) is 18.4 Å². The summed E-state index contributed by atoms with van der Waals surface area (Å²) in [6, 6.07) is 9.21. The van der Waals surface area contributed by atoms with E-state index in [1.165, 1.54) is 6.21 Å². The number of hydrogen-bond acceptors (Lipinski definition) is 2. The molecule has 0 aromatic heterocycles. The fourth-order valence-corrected chi connectivity index (χ4v) is 2.26. The molecule has 0 amide bonds. The van der Waals surface area contributed by atoms with Gasteiger partial charge in [0, 0.05) is 6.21 Å². The molecule has 16 heavy (non-hydrogen) atoms. The molecule has 0 bridgehead atoms. The smallest absolute Gasteiger partial charge is 0.204 e. The molecule has 0 radical (unpaired) electrons. The molecule has 0 aliphatic heterocycles. The minimum Gasteiger partial charge on any atom is -0.204 e. The Morgan fingerprint density at radius 3 is 2.19 bits per heavy atom. The quantitative estimate of drug-likeness (QED) is 0.758. The minimum absolute atomic E-state index is 0.0675. The maximum absolute atomic E-state index is 11.7. The molecule has 3 nitrogen and oxygen atoms in total. The second-order valence-electron chi connectivity index (χ2n) is 4.11. The summed E-state index contributed by atoms with van der Waals surface area (Å²) in [4.78, 5) is 0. The lowest BCUT2D eigenvalue weighted by atomic mass is 10.2. The van der Waals surface area contributed by atoms with Gasteiger partial charge in [0.25, 0.3) is 10.0 Å². The Balaban J connectivity index is 2.86. The van der Waals surface area contributed by atoms with Crippen LogP contribution < -0.4 is 0 Å². The van der Waals surface area contributed by atoms with Gasteiger partial charge in [-0.15, -0.1) is 0 Å². The van der Waals surface area contributed by atoms with E-state index in [4.69, 9.17) is 0 Å². The van der Waals surface area contributed by atoms with E-state index in [0.29, 0.717) is 0 Å². The van der Waals surface area contributed by atoms with Crippen molar-refractivity contribution in [3.8, 4) is 0 Å². The van der Waals surface area contributed by atoms with E-state index >= 15 is 0 Å². The molecule has 1 atom stereocenters. The standard InChI is InChI=1S/C12H17NO2S/c1-10(2)11(3)16(14,15)13-9-12-7-5-4-6-8-12/h4-11H,1-3H3/b13-9+. The molecule has 0 N–H and O–H groups in total. The Labute approximate surface area is 97.3 Å². The first-order chi connectivity index (χ1) is 7.43. The van der Waals surface area contributed by atoms with Gasteiger partial charge in [0.05, 0.1) is 5.25 Å². The van der Waals surface area contributed by atoms with E-state index in [0.717, 1.165) is 5.56 Å². The molecule has 88 valence electrons. The van der Waals surface area contributed by atoms with Crippen molar-refractivity contribution in [1.29, 1.82) is 0 Å². The molecule has 0 aliphatic rings. The Morgan fingerprint density at radius 2 is 1.69 bits per heavy atom. The van der Waals surface area contributed by atoms with Gasteiger partial charge in [-0.1, -0.05) is 44.2 Å². The third-order valence-electron chi connectivity index (χ3n) is 2.56. The van der Waals surface area contributed by atoms with E-state index in [9.17, 15) is 8.42 Å². The Morgan fingerprint density at radius 1 is 1.12 bits per heavy atom. The van der Waals surface area contributed by atoms with E-state index in [-0.39, 0.29) is 5.92 Å². The first kappa shape index (κ1) is 12.9. The summed E-state index contributed by atoms with van der Waals surface area (Å²) in [5.74, 6) is 0.0675. The molecular weight excluding hydrogens is 222 g/mol. The lowest BCUT2D eigenvalue weighted by molar-refractivity contribution is 0.548. The van der Waals surface area contributed by atoms with Crippen LogP contribution in [0.2, 0.25) is 0 Å². The molecule has 4 heteroatoms. The van der Waals surface area contributed by atoms with Gasteiger partial charge in [0.15, 0.2) is 0 Å². The zero-order valence-corrected chi connectivity index (χ0v) is 10.6. The van der Waals surface area contributed by atoms with Crippen LogP contribution >= 0.6 is 0 Å². The highest BCUT2D eigenvalue weighted by Crippen LogP contribution is 2.13. The summed E-state index contributed by atoms with van der Waals surface area (Å²) < 4.78 is 27.2. The molecule has 0 aliphatic carbocycles. The highest BCUT2D eigenvalue weighted by Gasteiger charge is 2.22. The molecule has 1 aromatic carbocycles. The fraction of sp³-hybridized carbons (Fsp3) is 0.417. The van der Waals surface area contributed by atoms with Gasteiger partial charge >= 0.3 is 0 Å². The highest BCUT2D eigenvalue weighted by atomic mass is 32.2. The first-order valence-corrected chi connectivity index (χ1v) is 6.78. The maximum Gasteiger partial charge on any atom is 0.255 e. The van der Waals surface area contributed by atoms with Gasteiger partial charge in [-0.2, -0.15) is 4.40 Å². The summed E-state index contributed by atoms with van der Waals surface area (Å²) >= 11 is 0. The number of hydrogen-bond donors (Lipinski definition) is 0. The van der Waals surface area contributed by atoms with Crippen LogP contribution in [0.4, 0.5) is 0 Å². The normalized spacial score (nSPS) is 14.5. The van der Waals surface area contributed by atoms with Crippen molar-refractivity contribution >= 4 is 16.2 Å². The molecule has 0 heterocycles. The van der Waals surface area contributed by atoms with Crippen molar-refractivity contribution in [3.05, 3.63) is 35.9 Å². The second-order valence-corrected chi connectivity index (χ2v) is 6.09. The number of benzene rings is 1. The molecule has 1 unspecified atom stereocenters. The Hall–Kier alpha value is -1.16. The number of sulfonamides is 1. The zero-order valence-electron chi connectivity index (χ0n) is 9.79. The van der Waals surface area contributed by atoms with Crippen molar-refractivity contribution in [3.63, 3.8) is 0 Å². The summed E-state index contributed by atoms with van der Waals surface area (Å²) in [7, 11) is -3.39. The molecule has 1 rings (SSSR count). The fourth-order valence-electron chi connectivity index (χ4n) is 1.11. The highest BCUT2D eigenvalue weighted by molar-refractivity contribution is 7.90. The van der Waals surface area contributed by atoms with Crippen molar-refractivity contribution in [2.24, 2.45) is 10.3 Å². The molecular formula is C12H17NO2S. The van der Waals surface area contributed by atoms with E-state index in [1.807, 2.05) is 44.2 Å². The summed E-state index contributed by atoms with van der Waals surface area (Å²) in [5.41, 5.74) is 0.794. The monoisotopic (exact) mass is 239 g/mol. The minimum atomic E-state index is -3.39. The van der Waals surface area contributed by atoms with Gasteiger partial charge < -0.3 is 0 Å². The van der Waals surface area contributed by atoms with Crippen LogP contribution in [0.5, 0.6) is 0 Å². The van der Waals surface area contributed by atoms with E-state index in [1.54, 1.807) is 6.92 Å². The average molecular weight is 239 g/mol. The van der Waals surface area contributed by atoms with Gasteiger partial charge in [0.2, 0.25) is 0 Å². The van der Waals surface area contributed by atoms with Crippen molar-refractivity contribution in [2.75, 3.05) is 0 Å². The van der Waals surface area contributed by atoms with Crippen LogP contribution in [-0.4, -0.2) is 19.9 Å². The molecule has 0 saturated heterocycles. The lowest BCUT2D eigenvalue weighted by Gasteiger charge is -2.12. The van der Waals surface area contributed by atoms with Crippen LogP contribution in [0.15, 0.2) is 34.7 Å². The van der Waals surface area contributed by atoms with E-state index < -0.39 is 15.3 Å². The van der Waals surface area contributed by atoms with Crippen LogP contribution in [0, 0.1) is 5.92 Å². The number of nitrogens with zero attached hydrogens (tertiary/aromatic N) is 1. The van der Waals surface area contributed by atoms with Crippen LogP contribution in [0.3, 0.4) is 0 Å². The molecule has 1 aromatic rings. The summed E-state index contributed by atoms with van der Waals surface area (Å²) in [6.45, 7) is 5.43. The number of rotatable bonds is 4. The Kier molecular flexibility index (Phi) is 4.24. The lowest BCUT2D eigenvalue weighted by Crippen LogP contribution is -2.21. The van der Waals surface area contributed by atoms with Crippen molar-refractivity contribution in [1.82, 2.24) is 0 Å². The van der Waals surface area contributed by atoms with Gasteiger partial charge in [0.1, 0.15) is 0 Å². The summed E-state index contributed by atoms with van der Waals surface area (Å²) in [5, 5.41) is -0.451. The van der Waals surface area contributed by atoms with Gasteiger partial charge in [-0.25, -0.2) is 8.42 Å². The van der Waals surface area contributed by atoms with Crippen LogP contribution in [-0.2, 0) is 10.0 Å². The van der Waals surface area contributed by atoms with Crippen LogP contribution in [0.25, 0.3) is 0 Å². The van der Waals surface area contributed by atoms with Crippen LogP contribution in [0.1, 0.15) is 26.3 Å². The SMILES string of the molecule is CC(C)C(C)S(=O)(=O)/N=C/c1ccccc1. The molecule has 0 saturated carbocycles. The largest absolute Gasteiger partial charge is 0.255 e. The van der Waals surface area contributed by atoms with Crippen molar-refractivity contribution in [2.45, 2.75) is 26.0 Å². The first-order valence-electron chi connectivity index (χ1n) is 5.27. The second kappa shape index (κ2) is 5.25. The topological polar surface area (TPSA) is 46.5 Å². The summed E-state index contributed by atoms with van der Waals surface area (Å²) in [6.07, 6.45) is 1.40. The zero-order chi connectivity index (χ0) is 12.2. The molecule has 0 spiro atoms. The predicted octanol–water partition coefficient (Wildman–Crippen LogP) is 2.48. The third-order valence-corrected chi connectivity index (χ3v) is 4.44. The maximum atomic E-state index is 11.7. The predicted molar refractivity (Wildman–Crippen MR) is 67.3 cm³/mol. The van der Waals surface area contributed by atoms with Crippen molar-refractivity contribution < 1.29 is 8.42 Å². The average Bonchev–Trinajstić information content (AvgIpc) is 2.27. The third kappa shape index (κ3) is 3.45.